The van der Waals surface area contributed by atoms with E-state index in [0.717, 1.165) is 24.2 Å². The standard InChI is InChI=1S/C24H27F2N5O3/c1-16-7-9-18(10-8-16)22-28-23(34-29-22)17(2)31-13-11-30(12-14-31)15-21(32)27-19-5-3-4-6-20(19)33-24(25)26/h3-10,17,24H,11-15H2,1-2H3,(H,27,32). The van der Waals surface area contributed by atoms with Crippen LogP contribution in [0.25, 0.3) is 11.4 Å². The number of amides is 1. The van der Waals surface area contributed by atoms with Gasteiger partial charge < -0.3 is 14.6 Å². The lowest BCUT2D eigenvalue weighted by Crippen LogP contribution is -2.49. The number of hydrogen-bond donors (Lipinski definition) is 1. The van der Waals surface area contributed by atoms with Crippen molar-refractivity contribution in [2.24, 2.45) is 0 Å². The molecule has 0 spiro atoms. The van der Waals surface area contributed by atoms with Crippen molar-refractivity contribution in [3.05, 3.63) is 60.0 Å². The summed E-state index contributed by atoms with van der Waals surface area (Å²) < 4.78 is 35.1. The summed E-state index contributed by atoms with van der Waals surface area (Å²) in [4.78, 5) is 21.3. The molecule has 1 aliphatic rings. The fourth-order valence-electron chi connectivity index (χ4n) is 3.85. The molecule has 0 saturated carbocycles. The van der Waals surface area contributed by atoms with Crippen molar-refractivity contribution in [2.45, 2.75) is 26.5 Å². The van der Waals surface area contributed by atoms with Crippen molar-refractivity contribution >= 4 is 11.6 Å². The summed E-state index contributed by atoms with van der Waals surface area (Å²) >= 11 is 0. The summed E-state index contributed by atoms with van der Waals surface area (Å²) in [6, 6.07) is 14.0. The zero-order valence-electron chi connectivity index (χ0n) is 19.1. The highest BCUT2D eigenvalue weighted by Gasteiger charge is 2.27. The van der Waals surface area contributed by atoms with E-state index in [2.05, 4.69) is 25.1 Å². The molecule has 180 valence electrons. The molecule has 1 saturated heterocycles. The topological polar surface area (TPSA) is 83.7 Å². The lowest BCUT2D eigenvalue weighted by atomic mass is 10.1. The number of rotatable bonds is 8. The average Bonchev–Trinajstić information content (AvgIpc) is 3.31. The Hall–Kier alpha value is -3.37. The summed E-state index contributed by atoms with van der Waals surface area (Å²) in [7, 11) is 0. The van der Waals surface area contributed by atoms with E-state index in [-0.39, 0.29) is 29.9 Å². The second-order valence-corrected chi connectivity index (χ2v) is 8.23. The Morgan fingerprint density at radius 3 is 2.53 bits per heavy atom. The van der Waals surface area contributed by atoms with E-state index in [1.807, 2.05) is 43.0 Å². The van der Waals surface area contributed by atoms with Crippen LogP contribution in [0.3, 0.4) is 0 Å². The molecular weight excluding hydrogens is 444 g/mol. The maximum Gasteiger partial charge on any atom is 0.387 e. The van der Waals surface area contributed by atoms with Crippen LogP contribution in [0.15, 0.2) is 53.1 Å². The molecule has 1 unspecified atom stereocenters. The smallest absolute Gasteiger partial charge is 0.387 e. The van der Waals surface area contributed by atoms with Crippen molar-refractivity contribution < 1.29 is 22.8 Å². The summed E-state index contributed by atoms with van der Waals surface area (Å²) in [6.07, 6.45) is 0. The number of hydrogen-bond acceptors (Lipinski definition) is 7. The van der Waals surface area contributed by atoms with Crippen LogP contribution in [-0.4, -0.2) is 65.2 Å². The second-order valence-electron chi connectivity index (χ2n) is 8.23. The maximum absolute atomic E-state index is 12.6. The Morgan fingerprint density at radius 2 is 1.82 bits per heavy atom. The van der Waals surface area contributed by atoms with Crippen molar-refractivity contribution in [3.8, 4) is 17.1 Å². The SMILES string of the molecule is Cc1ccc(-c2noc(C(C)N3CCN(CC(=O)Nc4ccccc4OC(F)F)CC3)n2)cc1. The van der Waals surface area contributed by atoms with Crippen LogP contribution >= 0.6 is 0 Å². The van der Waals surface area contributed by atoms with Gasteiger partial charge in [0.05, 0.1) is 18.3 Å². The number of aryl methyl sites for hydroxylation is 1. The van der Waals surface area contributed by atoms with Crippen LogP contribution in [0.5, 0.6) is 5.75 Å². The number of halogens is 2. The molecular formula is C24H27F2N5O3. The van der Waals surface area contributed by atoms with E-state index in [4.69, 9.17) is 4.52 Å². The molecule has 3 aromatic rings. The van der Waals surface area contributed by atoms with E-state index in [1.165, 1.54) is 12.1 Å². The highest BCUT2D eigenvalue weighted by Crippen LogP contribution is 2.26. The Labute approximate surface area is 196 Å². The number of aromatic nitrogens is 2. The Balaban J connectivity index is 1.28. The van der Waals surface area contributed by atoms with Gasteiger partial charge in [-0.1, -0.05) is 47.1 Å². The zero-order valence-corrected chi connectivity index (χ0v) is 19.1. The molecule has 0 radical (unpaired) electrons. The fourth-order valence-corrected chi connectivity index (χ4v) is 3.85. The second kappa shape index (κ2) is 10.7. The number of nitrogens with zero attached hydrogens (tertiary/aromatic N) is 4. The lowest BCUT2D eigenvalue weighted by molar-refractivity contribution is -0.117. The first-order valence-electron chi connectivity index (χ1n) is 11.1. The van der Waals surface area contributed by atoms with Crippen LogP contribution in [0, 0.1) is 6.92 Å². The number of para-hydroxylation sites is 2. The van der Waals surface area contributed by atoms with Gasteiger partial charge in [0.2, 0.25) is 17.6 Å². The van der Waals surface area contributed by atoms with E-state index in [9.17, 15) is 13.6 Å². The molecule has 4 rings (SSSR count). The molecule has 2 heterocycles. The predicted octanol–water partition coefficient (Wildman–Crippen LogP) is 3.96. The highest BCUT2D eigenvalue weighted by molar-refractivity contribution is 5.93. The van der Waals surface area contributed by atoms with Crippen LogP contribution in [0.2, 0.25) is 0 Å². The van der Waals surface area contributed by atoms with Crippen molar-refractivity contribution in [2.75, 3.05) is 38.0 Å². The molecule has 1 fully saturated rings. The molecule has 0 bridgehead atoms. The lowest BCUT2D eigenvalue weighted by Gasteiger charge is -2.36. The first-order valence-corrected chi connectivity index (χ1v) is 11.1. The summed E-state index contributed by atoms with van der Waals surface area (Å²) in [5.74, 6) is 0.770. The van der Waals surface area contributed by atoms with Gasteiger partial charge in [-0.15, -0.1) is 0 Å². The van der Waals surface area contributed by atoms with Gasteiger partial charge in [0, 0.05) is 31.7 Å². The molecule has 1 N–H and O–H groups in total. The quantitative estimate of drug-likeness (QED) is 0.532. The van der Waals surface area contributed by atoms with Gasteiger partial charge in [0.1, 0.15) is 5.75 Å². The van der Waals surface area contributed by atoms with E-state index < -0.39 is 6.61 Å². The van der Waals surface area contributed by atoms with E-state index >= 15 is 0 Å². The van der Waals surface area contributed by atoms with Gasteiger partial charge in [0.15, 0.2) is 0 Å². The van der Waals surface area contributed by atoms with E-state index in [0.29, 0.717) is 24.8 Å². The normalized spacial score (nSPS) is 15.9. The molecule has 34 heavy (non-hydrogen) atoms. The summed E-state index contributed by atoms with van der Waals surface area (Å²) in [5.41, 5.74) is 2.29. The minimum atomic E-state index is -2.96. The van der Waals surface area contributed by atoms with E-state index in [1.54, 1.807) is 12.1 Å². The Bertz CT molecular complexity index is 1100. The van der Waals surface area contributed by atoms with Crippen molar-refractivity contribution in [1.82, 2.24) is 19.9 Å². The minimum Gasteiger partial charge on any atom is -0.433 e. The highest BCUT2D eigenvalue weighted by atomic mass is 19.3. The van der Waals surface area contributed by atoms with Crippen LogP contribution in [-0.2, 0) is 4.79 Å². The Kier molecular flexibility index (Phi) is 7.49. The third-order valence-electron chi connectivity index (χ3n) is 5.81. The number of anilines is 1. The number of nitrogens with one attached hydrogen (secondary N) is 1. The first kappa shape index (κ1) is 23.8. The van der Waals surface area contributed by atoms with Gasteiger partial charge in [0.25, 0.3) is 0 Å². The Morgan fingerprint density at radius 1 is 1.12 bits per heavy atom. The molecule has 1 atom stereocenters. The molecule has 10 heteroatoms. The molecule has 0 aliphatic carbocycles. The number of alkyl halides is 2. The minimum absolute atomic E-state index is 0.0546. The number of carbonyl (C=O) groups excluding carboxylic acids is 1. The molecule has 2 aromatic carbocycles. The largest absolute Gasteiger partial charge is 0.433 e. The van der Waals surface area contributed by atoms with Crippen molar-refractivity contribution in [1.29, 1.82) is 0 Å². The summed E-state index contributed by atoms with van der Waals surface area (Å²) in [5, 5.41) is 6.78. The number of benzene rings is 2. The van der Waals surface area contributed by atoms with Crippen LogP contribution in [0.1, 0.15) is 24.4 Å². The number of piperazine rings is 1. The monoisotopic (exact) mass is 471 g/mol. The van der Waals surface area contributed by atoms with Crippen LogP contribution < -0.4 is 10.1 Å². The predicted molar refractivity (Wildman–Crippen MR) is 123 cm³/mol. The average molecular weight is 472 g/mol. The van der Waals surface area contributed by atoms with Gasteiger partial charge >= 0.3 is 6.61 Å². The van der Waals surface area contributed by atoms with Crippen LogP contribution in [0.4, 0.5) is 14.5 Å². The van der Waals surface area contributed by atoms with Gasteiger partial charge in [-0.25, -0.2) is 0 Å². The third-order valence-corrected chi connectivity index (χ3v) is 5.81. The van der Waals surface area contributed by atoms with Gasteiger partial charge in [-0.2, -0.15) is 13.8 Å². The molecule has 1 aromatic heterocycles. The number of ether oxygens (including phenoxy) is 1. The summed E-state index contributed by atoms with van der Waals surface area (Å²) in [6.45, 7) is 4.04. The zero-order chi connectivity index (χ0) is 24.1. The van der Waals surface area contributed by atoms with Gasteiger partial charge in [-0.05, 0) is 26.0 Å². The molecule has 1 amide bonds. The first-order chi connectivity index (χ1) is 16.4. The van der Waals surface area contributed by atoms with Gasteiger partial charge in [-0.3, -0.25) is 14.6 Å². The molecule has 1 aliphatic heterocycles. The fraction of sp³-hybridized carbons (Fsp3) is 0.375. The third kappa shape index (κ3) is 5.95. The van der Waals surface area contributed by atoms with Crippen molar-refractivity contribution in [3.63, 3.8) is 0 Å². The molecule has 8 nitrogen and oxygen atoms in total. The number of carbonyl (C=O) groups is 1. The maximum atomic E-state index is 12.6.